The van der Waals surface area contributed by atoms with Crippen LogP contribution in [-0.4, -0.2) is 135 Å². The van der Waals surface area contributed by atoms with E-state index in [0.717, 1.165) is 37.8 Å². The summed E-state index contributed by atoms with van der Waals surface area (Å²) in [4.78, 5) is 69.6. The topological polar surface area (TPSA) is 274 Å². The second-order valence-corrected chi connectivity index (χ2v) is 26.0. The summed E-state index contributed by atoms with van der Waals surface area (Å²) in [6, 6.07) is 12.7. The summed E-state index contributed by atoms with van der Waals surface area (Å²) in [5.74, 6) is -1.16. The summed E-state index contributed by atoms with van der Waals surface area (Å²) >= 11 is 2.47. The lowest BCUT2D eigenvalue weighted by molar-refractivity contribution is -0.144. The molecule has 0 spiro atoms. The number of carbonyl (C=O) groups is 2. The summed E-state index contributed by atoms with van der Waals surface area (Å²) in [5, 5.41) is 32.3. The van der Waals surface area contributed by atoms with Gasteiger partial charge in [-0.05, 0) is 103 Å². The highest BCUT2D eigenvalue weighted by atomic mass is 32.2. The Bertz CT molecular complexity index is 3950. The van der Waals surface area contributed by atoms with E-state index in [1.165, 1.54) is 79.8 Å². The molecule has 2 aliphatic rings. The maximum atomic E-state index is 15.3. The van der Waals surface area contributed by atoms with Gasteiger partial charge in [0.1, 0.15) is 68.1 Å². The molecule has 0 amide bonds. The molecule has 6 aromatic heterocycles. The Morgan fingerprint density at radius 2 is 1.22 bits per heavy atom. The Labute approximate surface area is 486 Å². The first-order valence-electron chi connectivity index (χ1n) is 27.1. The molecule has 2 aromatic carbocycles. The van der Waals surface area contributed by atoms with Gasteiger partial charge in [0.05, 0.1) is 78.7 Å². The largest absolute Gasteiger partial charge is 0.496 e. The van der Waals surface area contributed by atoms with E-state index in [0.29, 0.717) is 66.2 Å². The third kappa shape index (κ3) is 11.5. The van der Waals surface area contributed by atoms with Crippen molar-refractivity contribution in [1.29, 1.82) is 0 Å². The van der Waals surface area contributed by atoms with Crippen LogP contribution < -0.4 is 20.3 Å². The molecule has 0 aliphatic carbocycles. The van der Waals surface area contributed by atoms with Gasteiger partial charge in [-0.2, -0.15) is 10.2 Å². The van der Waals surface area contributed by atoms with E-state index in [9.17, 15) is 33.0 Å². The second-order valence-electron chi connectivity index (χ2n) is 22.0. The Kier molecular flexibility index (Phi) is 16.7. The molecule has 22 nitrogen and oxygen atoms in total. The lowest BCUT2D eigenvalue weighted by Gasteiger charge is -2.33. The number of rotatable bonds is 21. The number of carboxylic acid groups (broad SMARTS) is 2. The summed E-state index contributed by atoms with van der Waals surface area (Å²) in [6.45, 7) is 9.86. The van der Waals surface area contributed by atoms with Crippen LogP contribution in [-0.2, 0) is 59.4 Å². The fraction of sp³-hybridized carbons (Fsp3) is 0.448. The maximum Gasteiger partial charge on any atom is 0.316 e. The maximum absolute atomic E-state index is 15.3. The highest BCUT2D eigenvalue weighted by Gasteiger charge is 2.43. The highest BCUT2D eigenvalue weighted by Crippen LogP contribution is 2.42. The summed E-state index contributed by atoms with van der Waals surface area (Å²) in [7, 11) is 1.63. The van der Waals surface area contributed by atoms with Crippen molar-refractivity contribution >= 4 is 65.1 Å². The monoisotopic (exact) mass is 1190 g/mol. The van der Waals surface area contributed by atoms with Crippen molar-refractivity contribution in [2.45, 2.75) is 115 Å². The van der Waals surface area contributed by atoms with Gasteiger partial charge in [-0.1, -0.05) is 30.3 Å². The van der Waals surface area contributed by atoms with Crippen LogP contribution in [0, 0.1) is 13.8 Å². The van der Waals surface area contributed by atoms with Crippen LogP contribution in [0.1, 0.15) is 97.9 Å². The van der Waals surface area contributed by atoms with Crippen LogP contribution in [0.3, 0.4) is 0 Å². The molecular weight excluding hydrogens is 1130 g/mol. The number of sulfonamides is 1. The number of para-hydroxylation sites is 1. The van der Waals surface area contributed by atoms with Gasteiger partial charge < -0.3 is 42.9 Å². The van der Waals surface area contributed by atoms with Crippen molar-refractivity contribution in [3.05, 3.63) is 127 Å². The lowest BCUT2D eigenvalue weighted by Crippen LogP contribution is -2.42. The van der Waals surface area contributed by atoms with E-state index in [-0.39, 0.29) is 72.5 Å². The first-order valence-corrected chi connectivity index (χ1v) is 30.6. The summed E-state index contributed by atoms with van der Waals surface area (Å²) in [6.07, 6.45) is 6.80. The SMILES string of the molecule is COc1cc(CC(C)(C(=O)O)c2nn(CC(OC3CCN(C)CC3)c3ccccc3OC)c3sc(-c4ncco4)c(C)c3c2=O)ccc1C(Cn1nc(C(C)(C)C(=O)O)c(=O)c2c(C)c(-c3ncco3)sc21)OC1CCN(S(C)(=O)=O)CC1. The van der Waals surface area contributed by atoms with E-state index in [2.05, 4.69) is 21.9 Å². The van der Waals surface area contributed by atoms with Crippen LogP contribution >= 0.6 is 22.7 Å². The normalized spacial score (nSPS) is 16.8. The molecule has 2 fully saturated rings. The molecule has 8 aromatic rings. The van der Waals surface area contributed by atoms with Crippen molar-refractivity contribution in [1.82, 2.24) is 38.7 Å². The second kappa shape index (κ2) is 23.5. The molecule has 3 unspecified atom stereocenters. The van der Waals surface area contributed by atoms with Gasteiger partial charge >= 0.3 is 11.9 Å². The van der Waals surface area contributed by atoms with Crippen LogP contribution in [0.2, 0.25) is 0 Å². The number of benzene rings is 2. The molecule has 0 radical (unpaired) electrons. The van der Waals surface area contributed by atoms with Gasteiger partial charge in [-0.15, -0.1) is 22.7 Å². The number of fused-ring (bicyclic) bond motifs is 2. The molecular formula is C58H66N8O14S3. The Hall–Kier alpha value is -7.13. The van der Waals surface area contributed by atoms with Crippen LogP contribution in [0.5, 0.6) is 11.5 Å². The van der Waals surface area contributed by atoms with Crippen molar-refractivity contribution in [2.75, 3.05) is 53.7 Å². The summed E-state index contributed by atoms with van der Waals surface area (Å²) in [5.41, 5.74) is -2.51. The first kappa shape index (κ1) is 59.0. The van der Waals surface area contributed by atoms with Gasteiger partial charge in [0, 0.05) is 37.3 Å². The van der Waals surface area contributed by atoms with Crippen molar-refractivity contribution in [2.24, 2.45) is 0 Å². The van der Waals surface area contributed by atoms with Gasteiger partial charge in [0.2, 0.25) is 32.7 Å². The fourth-order valence-corrected chi connectivity index (χ4v) is 14.4. The third-order valence-electron chi connectivity index (χ3n) is 16.0. The van der Waals surface area contributed by atoms with Crippen LogP contribution in [0.15, 0.2) is 85.8 Å². The first-order chi connectivity index (χ1) is 39.5. The number of hydrogen-bond donors (Lipinski definition) is 2. The number of likely N-dealkylation sites (tertiary alicyclic amines) is 1. The molecule has 8 heterocycles. The number of piperidine rings is 2. The number of aliphatic carboxylic acids is 2. The molecule has 440 valence electrons. The zero-order valence-corrected chi connectivity index (χ0v) is 50.0. The minimum atomic E-state index is -3.49. The number of methoxy groups -OCH3 is 2. The number of oxazole rings is 2. The minimum Gasteiger partial charge on any atom is -0.496 e. The van der Waals surface area contributed by atoms with Gasteiger partial charge in [0.15, 0.2) is 0 Å². The van der Waals surface area contributed by atoms with Crippen molar-refractivity contribution in [3.8, 4) is 33.0 Å². The Balaban J connectivity index is 1.08. The molecule has 2 N–H and O–H groups in total. The van der Waals surface area contributed by atoms with E-state index >= 15 is 4.79 Å². The predicted molar refractivity (Wildman–Crippen MR) is 311 cm³/mol. The number of nitrogens with zero attached hydrogens (tertiary/aromatic N) is 8. The van der Waals surface area contributed by atoms with Crippen LogP contribution in [0.4, 0.5) is 0 Å². The molecule has 0 saturated carbocycles. The molecule has 3 atom stereocenters. The molecule has 10 rings (SSSR count). The van der Waals surface area contributed by atoms with Gasteiger partial charge in [0.25, 0.3) is 0 Å². The standard InChI is InChI=1S/C58H66N8O14S3/c1-32-43-45(67)49(57(3,4)55(69)70)61-65(53(43)81-47(32)51-59-20-26-77-51)31-42(80-36-18-24-64(25-19-36)83(9,73)74)38-15-14-34(28-40(38)76-8)29-58(5,56(71)72)50-46(68)44-33(2)48(52-60-21-27-78-52)82-54(44)66(62-50)30-41(37-12-10-11-13-39(37)75-7)79-35-16-22-63(6)23-17-35/h10-15,20-21,26-28,35-36,41-42H,16-19,22-25,29-31H2,1-9H3,(H,69,70)(H,71,72). The molecule has 2 saturated heterocycles. The van der Waals surface area contributed by atoms with Crippen LogP contribution in [0.25, 0.3) is 42.0 Å². The lowest BCUT2D eigenvalue weighted by atomic mass is 9.79. The average molecular weight is 1200 g/mol. The number of aryl methyl sites for hydroxylation is 2. The smallest absolute Gasteiger partial charge is 0.316 e. The number of aromatic nitrogens is 6. The van der Waals surface area contributed by atoms with E-state index in [1.54, 1.807) is 48.5 Å². The number of ether oxygens (including phenoxy) is 4. The van der Waals surface area contributed by atoms with E-state index in [4.69, 9.17) is 38.0 Å². The molecule has 25 heteroatoms. The van der Waals surface area contributed by atoms with Gasteiger partial charge in [-0.25, -0.2) is 22.7 Å². The zero-order chi connectivity index (χ0) is 59.3. The minimum absolute atomic E-state index is 0.0759. The zero-order valence-electron chi connectivity index (χ0n) is 47.5. The molecule has 2 aliphatic heterocycles. The number of hydrogen-bond acceptors (Lipinski definition) is 19. The Morgan fingerprint density at radius 1 is 0.723 bits per heavy atom. The van der Waals surface area contributed by atoms with Crippen molar-refractivity contribution in [3.63, 3.8) is 0 Å². The van der Waals surface area contributed by atoms with E-state index in [1.807, 2.05) is 24.3 Å². The third-order valence-corrected chi connectivity index (χ3v) is 19.9. The quantitative estimate of drug-likeness (QED) is 0.0686. The summed E-state index contributed by atoms with van der Waals surface area (Å²) < 4.78 is 67.2. The highest BCUT2D eigenvalue weighted by molar-refractivity contribution is 7.88. The van der Waals surface area contributed by atoms with Gasteiger partial charge in [-0.3, -0.25) is 28.5 Å². The van der Waals surface area contributed by atoms with Crippen molar-refractivity contribution < 1.29 is 56.0 Å². The fourth-order valence-electron chi connectivity index (χ4n) is 11.1. The molecule has 0 bridgehead atoms. The average Bonchev–Trinajstić information content (AvgIpc) is 3.30. The molecule has 83 heavy (non-hydrogen) atoms. The Morgan fingerprint density at radius 3 is 1.70 bits per heavy atom. The van der Waals surface area contributed by atoms with E-state index < -0.39 is 62.0 Å². The number of thiophene rings is 2. The predicted octanol–water partition coefficient (Wildman–Crippen LogP) is 8.15. The number of carboxylic acids is 2.